The molecule has 2 rings (SSSR count). The van der Waals surface area contributed by atoms with Gasteiger partial charge in [-0.15, -0.1) is 35.3 Å². The fraction of sp³-hybridized carbons (Fsp3) is 0.444. The summed E-state index contributed by atoms with van der Waals surface area (Å²) in [5.41, 5.74) is 2.85. The molecule has 0 aliphatic carbocycles. The number of aromatic nitrogens is 1. The lowest BCUT2D eigenvalue weighted by atomic mass is 10.2. The van der Waals surface area contributed by atoms with E-state index in [1.54, 1.807) is 23.5 Å². The van der Waals surface area contributed by atoms with Crippen molar-refractivity contribution in [2.24, 2.45) is 4.99 Å². The average molecular weight is 492 g/mol. The monoisotopic (exact) mass is 492 g/mol. The topological polar surface area (TPSA) is 58.5 Å². The molecule has 2 aromatic rings. The lowest BCUT2D eigenvalue weighted by molar-refractivity contribution is 0.198. The molecular weight excluding hydrogens is 466 g/mol. The summed E-state index contributed by atoms with van der Waals surface area (Å²) in [4.78, 5) is 9.99. The number of halogens is 2. The molecule has 0 aliphatic heterocycles. The summed E-state index contributed by atoms with van der Waals surface area (Å²) >= 11 is 1.61. The minimum absolute atomic E-state index is 0. The van der Waals surface area contributed by atoms with Crippen molar-refractivity contribution < 1.29 is 9.13 Å². The van der Waals surface area contributed by atoms with Gasteiger partial charge in [0.15, 0.2) is 5.96 Å². The standard InChI is InChI=1S/C18H25FN4OS.HI/c1-4-15(24-16-8-6-7-14(19)9-16)10-21-18(20-5-2)22-11-17-13(3)23-12-25-17;/h6-9,12,15H,4-5,10-11H2,1-3H3,(H2,20,21,22);1H. The first kappa shape index (κ1) is 22.6. The predicted octanol–water partition coefficient (Wildman–Crippen LogP) is 4.12. The summed E-state index contributed by atoms with van der Waals surface area (Å²) in [6, 6.07) is 6.21. The number of nitrogens with zero attached hydrogens (tertiary/aromatic N) is 2. The molecule has 1 unspecified atom stereocenters. The van der Waals surface area contributed by atoms with Crippen LogP contribution < -0.4 is 15.4 Å². The van der Waals surface area contributed by atoms with Crippen molar-refractivity contribution in [2.45, 2.75) is 39.8 Å². The number of aryl methyl sites for hydroxylation is 1. The molecule has 5 nitrogen and oxygen atoms in total. The molecular formula is C18H26FIN4OS. The zero-order chi connectivity index (χ0) is 18.1. The van der Waals surface area contributed by atoms with Crippen LogP contribution in [0.4, 0.5) is 4.39 Å². The Kier molecular flexibility index (Phi) is 10.5. The molecule has 1 heterocycles. The number of ether oxygens (including phenoxy) is 1. The van der Waals surface area contributed by atoms with E-state index in [0.717, 1.165) is 29.5 Å². The van der Waals surface area contributed by atoms with E-state index in [-0.39, 0.29) is 35.9 Å². The highest BCUT2D eigenvalue weighted by atomic mass is 127. The molecule has 0 bridgehead atoms. The molecule has 8 heteroatoms. The van der Waals surface area contributed by atoms with Crippen LogP contribution in [-0.2, 0) is 6.54 Å². The van der Waals surface area contributed by atoms with Crippen LogP contribution in [-0.4, -0.2) is 30.1 Å². The second kappa shape index (κ2) is 12.1. The summed E-state index contributed by atoms with van der Waals surface area (Å²) in [5, 5.41) is 6.52. The third-order valence-corrected chi connectivity index (χ3v) is 4.54. The van der Waals surface area contributed by atoms with E-state index in [0.29, 0.717) is 18.8 Å². The highest BCUT2D eigenvalue weighted by Crippen LogP contribution is 2.15. The molecule has 1 atom stereocenters. The van der Waals surface area contributed by atoms with Gasteiger partial charge in [0.2, 0.25) is 0 Å². The highest BCUT2D eigenvalue weighted by Gasteiger charge is 2.10. The molecule has 0 aliphatic rings. The van der Waals surface area contributed by atoms with Crippen molar-refractivity contribution in [3.8, 4) is 5.75 Å². The number of benzene rings is 1. The molecule has 0 saturated carbocycles. The van der Waals surface area contributed by atoms with Gasteiger partial charge in [-0.3, -0.25) is 0 Å². The van der Waals surface area contributed by atoms with Crippen LogP contribution in [0.25, 0.3) is 0 Å². The van der Waals surface area contributed by atoms with E-state index >= 15 is 0 Å². The second-order valence-corrected chi connectivity index (χ2v) is 6.48. The Bertz CT molecular complexity index is 695. The van der Waals surface area contributed by atoms with Crippen LogP contribution in [0.2, 0.25) is 0 Å². The molecule has 0 spiro atoms. The maximum atomic E-state index is 13.3. The van der Waals surface area contributed by atoms with Crippen LogP contribution in [0.3, 0.4) is 0 Å². The quantitative estimate of drug-likeness (QED) is 0.331. The molecule has 0 radical (unpaired) electrons. The molecule has 1 aromatic heterocycles. The predicted molar refractivity (Wildman–Crippen MR) is 116 cm³/mol. The minimum atomic E-state index is -0.296. The summed E-state index contributed by atoms with van der Waals surface area (Å²) < 4.78 is 19.1. The first-order valence-electron chi connectivity index (χ1n) is 8.45. The van der Waals surface area contributed by atoms with Crippen LogP contribution in [0, 0.1) is 12.7 Å². The first-order chi connectivity index (χ1) is 12.1. The van der Waals surface area contributed by atoms with Gasteiger partial charge in [-0.2, -0.15) is 0 Å². The van der Waals surface area contributed by atoms with Gasteiger partial charge in [0.25, 0.3) is 0 Å². The number of hydrogen-bond donors (Lipinski definition) is 2. The zero-order valence-corrected chi connectivity index (χ0v) is 18.4. The molecule has 0 amide bonds. The summed E-state index contributed by atoms with van der Waals surface area (Å²) in [6.07, 6.45) is 0.729. The van der Waals surface area contributed by atoms with E-state index in [4.69, 9.17) is 4.74 Å². The molecule has 0 saturated heterocycles. The van der Waals surface area contributed by atoms with Crippen molar-refractivity contribution in [3.63, 3.8) is 0 Å². The Morgan fingerprint density at radius 2 is 2.15 bits per heavy atom. The molecule has 0 fully saturated rings. The van der Waals surface area contributed by atoms with Crippen LogP contribution in [0.1, 0.15) is 30.8 Å². The van der Waals surface area contributed by atoms with Crippen molar-refractivity contribution in [2.75, 3.05) is 13.1 Å². The Labute approximate surface area is 175 Å². The third kappa shape index (κ3) is 7.45. The fourth-order valence-corrected chi connectivity index (χ4v) is 2.88. The van der Waals surface area contributed by atoms with Gasteiger partial charge in [-0.25, -0.2) is 14.4 Å². The van der Waals surface area contributed by atoms with Gasteiger partial charge < -0.3 is 15.4 Å². The average Bonchev–Trinajstić information content (AvgIpc) is 3.01. The number of rotatable bonds is 8. The van der Waals surface area contributed by atoms with Gasteiger partial charge in [0.05, 0.1) is 24.3 Å². The number of hydrogen-bond acceptors (Lipinski definition) is 4. The van der Waals surface area contributed by atoms with Crippen molar-refractivity contribution in [3.05, 3.63) is 46.2 Å². The first-order valence-corrected chi connectivity index (χ1v) is 9.33. The van der Waals surface area contributed by atoms with E-state index in [1.165, 1.54) is 12.1 Å². The number of guanidine groups is 1. The lowest BCUT2D eigenvalue weighted by Gasteiger charge is -2.20. The van der Waals surface area contributed by atoms with Gasteiger partial charge in [-0.1, -0.05) is 13.0 Å². The van der Waals surface area contributed by atoms with E-state index in [2.05, 4.69) is 20.6 Å². The van der Waals surface area contributed by atoms with Gasteiger partial charge >= 0.3 is 0 Å². The Hall–Kier alpha value is -1.42. The van der Waals surface area contributed by atoms with Crippen molar-refractivity contribution in [1.82, 2.24) is 15.6 Å². The maximum Gasteiger partial charge on any atom is 0.191 e. The largest absolute Gasteiger partial charge is 0.489 e. The summed E-state index contributed by atoms with van der Waals surface area (Å²) in [5.74, 6) is 0.975. The van der Waals surface area contributed by atoms with Crippen LogP contribution in [0.15, 0.2) is 34.8 Å². The normalized spacial score (nSPS) is 12.2. The van der Waals surface area contributed by atoms with Crippen LogP contribution in [0.5, 0.6) is 5.75 Å². The Morgan fingerprint density at radius 1 is 1.35 bits per heavy atom. The molecule has 26 heavy (non-hydrogen) atoms. The summed E-state index contributed by atoms with van der Waals surface area (Å²) in [7, 11) is 0. The molecule has 144 valence electrons. The van der Waals surface area contributed by atoms with E-state index in [9.17, 15) is 4.39 Å². The van der Waals surface area contributed by atoms with Crippen molar-refractivity contribution >= 4 is 41.3 Å². The van der Waals surface area contributed by atoms with Gasteiger partial charge in [0.1, 0.15) is 17.7 Å². The van der Waals surface area contributed by atoms with Crippen molar-refractivity contribution in [1.29, 1.82) is 0 Å². The van der Waals surface area contributed by atoms with Gasteiger partial charge in [0, 0.05) is 17.5 Å². The molecule has 2 N–H and O–H groups in total. The number of nitrogens with one attached hydrogen (secondary N) is 2. The lowest BCUT2D eigenvalue weighted by Crippen LogP contribution is -2.42. The zero-order valence-electron chi connectivity index (χ0n) is 15.3. The van der Waals surface area contributed by atoms with E-state index in [1.807, 2.05) is 26.3 Å². The van der Waals surface area contributed by atoms with Gasteiger partial charge in [-0.05, 0) is 32.4 Å². The second-order valence-electron chi connectivity index (χ2n) is 5.54. The SMILES string of the molecule is CCNC(=NCc1scnc1C)NCC(CC)Oc1cccc(F)c1.I. The van der Waals surface area contributed by atoms with E-state index < -0.39 is 0 Å². The van der Waals surface area contributed by atoms with Crippen LogP contribution >= 0.6 is 35.3 Å². The fourth-order valence-electron chi connectivity index (χ4n) is 2.18. The number of thiazole rings is 1. The smallest absolute Gasteiger partial charge is 0.191 e. The molecule has 1 aromatic carbocycles. The minimum Gasteiger partial charge on any atom is -0.489 e. The summed E-state index contributed by atoms with van der Waals surface area (Å²) in [6.45, 7) is 8.00. The third-order valence-electron chi connectivity index (χ3n) is 3.62. The number of aliphatic imine (C=N–C) groups is 1. The highest BCUT2D eigenvalue weighted by molar-refractivity contribution is 14.0. The Balaban J connectivity index is 0.00000338. The Morgan fingerprint density at radius 3 is 2.77 bits per heavy atom. The maximum absolute atomic E-state index is 13.3.